The maximum Gasteiger partial charge on any atom is 0.236 e. The second kappa shape index (κ2) is 4.81. The van der Waals surface area contributed by atoms with Gasteiger partial charge in [-0.05, 0) is 0 Å². The van der Waals surface area contributed by atoms with Gasteiger partial charge in [-0.3, -0.25) is 10.0 Å². The van der Waals surface area contributed by atoms with Crippen molar-refractivity contribution in [2.75, 3.05) is 6.54 Å². The third kappa shape index (κ3) is 2.28. The van der Waals surface area contributed by atoms with Gasteiger partial charge in [-0.1, -0.05) is 19.2 Å². The minimum Gasteiger partial charge on any atom is -0.297 e. The van der Waals surface area contributed by atoms with Crippen LogP contribution >= 0.6 is 0 Å². The summed E-state index contributed by atoms with van der Waals surface area (Å²) in [5.74, 6) is -0.277. The van der Waals surface area contributed by atoms with E-state index >= 15 is 0 Å². The van der Waals surface area contributed by atoms with Crippen molar-refractivity contribution in [1.29, 1.82) is 0 Å². The van der Waals surface area contributed by atoms with Crippen molar-refractivity contribution in [2.45, 2.75) is 0 Å². The lowest BCUT2D eigenvalue weighted by Crippen LogP contribution is -2.57. The molecule has 5 nitrogen and oxygen atoms in total. The highest BCUT2D eigenvalue weighted by atomic mass is 32.2. The number of hydrazine groups is 2. The summed E-state index contributed by atoms with van der Waals surface area (Å²) in [6.45, 7) is 11.2. The molecule has 0 aromatic heterocycles. The summed E-state index contributed by atoms with van der Waals surface area (Å²) < 4.78 is 22.1. The third-order valence-corrected chi connectivity index (χ3v) is 2.88. The molecule has 0 aromatic rings. The van der Waals surface area contributed by atoms with E-state index in [-0.39, 0.29) is 10.9 Å². The summed E-state index contributed by atoms with van der Waals surface area (Å²) in [5.41, 5.74) is 2.80. The molecule has 15 heavy (non-hydrogen) atoms. The summed E-state index contributed by atoms with van der Waals surface area (Å²) in [7, 11) is -2.30. The zero-order chi connectivity index (χ0) is 11.4. The minimum atomic E-state index is -2.30. The maximum absolute atomic E-state index is 11.0. The number of nitrogens with one attached hydrogen (secondary N) is 1. The van der Waals surface area contributed by atoms with Gasteiger partial charge >= 0.3 is 0 Å². The number of hydrogen-bond donors (Lipinski definition) is 1. The largest absolute Gasteiger partial charge is 0.297 e. The molecule has 0 aromatic carbocycles. The van der Waals surface area contributed by atoms with Gasteiger partial charge in [0.05, 0.1) is 5.92 Å². The topological polar surface area (TPSA) is 52.6 Å². The van der Waals surface area contributed by atoms with Crippen molar-refractivity contribution in [3.05, 3.63) is 38.2 Å². The van der Waals surface area contributed by atoms with Crippen molar-refractivity contribution in [1.82, 2.24) is 15.6 Å². The molecule has 1 atom stereocenters. The lowest BCUT2D eigenvalue weighted by atomic mass is 10.1. The molecule has 1 aliphatic heterocycles. The molecule has 1 rings (SSSR count). The van der Waals surface area contributed by atoms with Crippen molar-refractivity contribution < 1.29 is 8.42 Å². The fourth-order valence-electron chi connectivity index (χ4n) is 1.32. The Hall–Kier alpha value is -1.53. The molecular formula is C9H13N3O2S. The van der Waals surface area contributed by atoms with E-state index in [0.29, 0.717) is 6.54 Å². The fraction of sp³-hybridized carbons (Fsp3) is 0.222. The van der Waals surface area contributed by atoms with Crippen LogP contribution in [0.2, 0.25) is 0 Å². The molecule has 0 aliphatic carbocycles. The summed E-state index contributed by atoms with van der Waals surface area (Å²) >= 11 is 0. The first-order valence-electron chi connectivity index (χ1n) is 4.30. The van der Waals surface area contributed by atoms with Gasteiger partial charge in [-0.2, -0.15) is 8.42 Å². The molecule has 0 bridgehead atoms. The number of hydrogen-bond acceptors (Lipinski definition) is 4. The van der Waals surface area contributed by atoms with Gasteiger partial charge in [-0.25, -0.2) is 0 Å². The summed E-state index contributed by atoms with van der Waals surface area (Å²) in [5, 5.41) is 2.99. The van der Waals surface area contributed by atoms with Crippen LogP contribution in [-0.2, 0) is 10.3 Å². The van der Waals surface area contributed by atoms with Crippen LogP contribution in [0.25, 0.3) is 0 Å². The quantitative estimate of drug-likeness (QED) is 0.548. The van der Waals surface area contributed by atoms with Crippen LogP contribution in [0.15, 0.2) is 38.2 Å². The zero-order valence-electron chi connectivity index (χ0n) is 8.26. The predicted molar refractivity (Wildman–Crippen MR) is 59.7 cm³/mol. The van der Waals surface area contributed by atoms with Crippen LogP contribution in [0.1, 0.15) is 0 Å². The van der Waals surface area contributed by atoms with E-state index in [1.54, 1.807) is 17.3 Å². The normalized spacial score (nSPS) is 21.1. The van der Waals surface area contributed by atoms with E-state index in [1.807, 2.05) is 0 Å². The van der Waals surface area contributed by atoms with Crippen LogP contribution in [0, 0.1) is 5.92 Å². The molecule has 0 radical (unpaired) electrons. The van der Waals surface area contributed by atoms with E-state index in [2.05, 4.69) is 25.3 Å². The monoisotopic (exact) mass is 227 g/mol. The van der Waals surface area contributed by atoms with Crippen LogP contribution in [0.3, 0.4) is 0 Å². The highest BCUT2D eigenvalue weighted by Gasteiger charge is 2.27. The Labute approximate surface area is 90.5 Å². The first-order valence-corrected chi connectivity index (χ1v) is 5.37. The van der Waals surface area contributed by atoms with E-state index in [1.165, 1.54) is 11.2 Å². The van der Waals surface area contributed by atoms with Crippen LogP contribution in [0.4, 0.5) is 0 Å². The Morgan fingerprint density at radius 3 is 2.40 bits per heavy atom. The van der Waals surface area contributed by atoms with Gasteiger partial charge in [-0.15, -0.1) is 12.1 Å². The highest BCUT2D eigenvalue weighted by Crippen LogP contribution is 2.12. The van der Waals surface area contributed by atoms with E-state index < -0.39 is 10.3 Å². The van der Waals surface area contributed by atoms with Crippen molar-refractivity contribution >= 4 is 15.3 Å². The third-order valence-electron chi connectivity index (χ3n) is 2.04. The van der Waals surface area contributed by atoms with Gasteiger partial charge in [0.15, 0.2) is 4.99 Å². The average Bonchev–Trinajstić information content (AvgIpc) is 2.26. The van der Waals surface area contributed by atoms with Crippen LogP contribution in [0.5, 0.6) is 0 Å². The van der Waals surface area contributed by atoms with Gasteiger partial charge in [0.25, 0.3) is 0 Å². The molecule has 1 N–H and O–H groups in total. The predicted octanol–water partition coefficient (Wildman–Crippen LogP) is 0.122. The molecule has 6 heteroatoms. The SMILES string of the molecule is C=CC1CN(C=C)NN(C=C)C1=S(=O)=O. The highest BCUT2D eigenvalue weighted by molar-refractivity contribution is 7.72. The van der Waals surface area contributed by atoms with Gasteiger partial charge in [0.1, 0.15) is 0 Å². The number of rotatable bonds is 3. The Morgan fingerprint density at radius 1 is 1.33 bits per heavy atom. The summed E-state index contributed by atoms with van der Waals surface area (Å²) in [4.78, 5) is 0.207. The molecule has 1 fully saturated rings. The molecule has 1 aliphatic rings. The zero-order valence-corrected chi connectivity index (χ0v) is 9.07. The molecule has 0 saturated carbocycles. The molecule has 82 valence electrons. The van der Waals surface area contributed by atoms with Gasteiger partial charge in [0, 0.05) is 18.9 Å². The molecule has 1 unspecified atom stereocenters. The average molecular weight is 227 g/mol. The van der Waals surface area contributed by atoms with Gasteiger partial charge in [0.2, 0.25) is 10.3 Å². The Kier molecular flexibility index (Phi) is 3.70. The van der Waals surface area contributed by atoms with Crippen molar-refractivity contribution in [3.63, 3.8) is 0 Å². The Morgan fingerprint density at radius 2 is 2.00 bits per heavy atom. The second-order valence-electron chi connectivity index (χ2n) is 2.90. The maximum atomic E-state index is 11.0. The standard InChI is InChI=1S/C9H13N3O2S/c1-4-8-7-11(5-2)10-12(6-3)9(8)15(13)14/h4-6,8,10H,1-3,7H2. The Bertz CT molecular complexity index is 385. The minimum absolute atomic E-state index is 0.207. The van der Waals surface area contributed by atoms with Crippen molar-refractivity contribution in [2.24, 2.45) is 5.92 Å². The van der Waals surface area contributed by atoms with Crippen LogP contribution in [-0.4, -0.2) is 30.0 Å². The van der Waals surface area contributed by atoms with E-state index in [4.69, 9.17) is 0 Å². The first-order chi connectivity index (χ1) is 7.13. The molecule has 0 amide bonds. The molecular weight excluding hydrogens is 214 g/mol. The molecule has 1 heterocycles. The molecule has 1 saturated heterocycles. The summed E-state index contributed by atoms with van der Waals surface area (Å²) in [6, 6.07) is 0. The van der Waals surface area contributed by atoms with E-state index in [0.717, 1.165) is 0 Å². The first kappa shape index (κ1) is 11.5. The van der Waals surface area contributed by atoms with Crippen molar-refractivity contribution in [3.8, 4) is 0 Å². The smallest absolute Gasteiger partial charge is 0.236 e. The van der Waals surface area contributed by atoms with Crippen LogP contribution < -0.4 is 5.53 Å². The lowest BCUT2D eigenvalue weighted by molar-refractivity contribution is 0.125. The summed E-state index contributed by atoms with van der Waals surface area (Å²) in [6.07, 6.45) is 4.54. The van der Waals surface area contributed by atoms with Gasteiger partial charge < -0.3 is 0 Å². The lowest BCUT2D eigenvalue weighted by Gasteiger charge is -2.38. The van der Waals surface area contributed by atoms with E-state index in [9.17, 15) is 8.42 Å². The fourth-order valence-corrected chi connectivity index (χ4v) is 2.02. The molecule has 0 spiro atoms. The Balaban J connectivity index is 3.14. The second-order valence-corrected chi connectivity index (χ2v) is 3.79. The number of nitrogens with zero attached hydrogens (tertiary/aromatic N) is 2.